The number of carbonyl (C=O) groups excluding carboxylic acids is 5. The van der Waals surface area contributed by atoms with Gasteiger partial charge < -0.3 is 38.1 Å². The maximum atomic E-state index is 14.1. The van der Waals surface area contributed by atoms with Crippen LogP contribution in [0.1, 0.15) is 63.5 Å². The molecule has 6 atom stereocenters. The van der Waals surface area contributed by atoms with E-state index in [0.717, 1.165) is 24.0 Å². The number of rotatable bonds is 19. The number of hydrogen-bond acceptors (Lipinski definition) is 8. The number of nitrogens with two attached hydrogens (primary N) is 3. The van der Waals surface area contributed by atoms with Gasteiger partial charge in [0.05, 0.1) is 12.6 Å². The highest BCUT2D eigenvalue weighted by molar-refractivity contribution is 5.95. The minimum absolute atomic E-state index is 0.0254. The lowest BCUT2D eigenvalue weighted by Crippen LogP contribution is -2.67. The highest BCUT2D eigenvalue weighted by Crippen LogP contribution is 2.29. The zero-order chi connectivity index (χ0) is 36.9. The molecule has 2 aromatic carbocycles. The van der Waals surface area contributed by atoms with Gasteiger partial charge in [0.15, 0.2) is 0 Å². The second-order valence-corrected chi connectivity index (χ2v) is 14.4. The quantitative estimate of drug-likeness (QED) is 0.114. The van der Waals surface area contributed by atoms with Gasteiger partial charge in [-0.25, -0.2) is 0 Å². The Hall–Kier alpha value is -4.33. The van der Waals surface area contributed by atoms with E-state index in [-0.39, 0.29) is 36.9 Å². The number of benzene rings is 2. The lowest BCUT2D eigenvalue weighted by Gasteiger charge is -2.51. The lowest BCUT2D eigenvalue weighted by molar-refractivity contribution is -0.147. The van der Waals surface area contributed by atoms with Gasteiger partial charge in [-0.05, 0) is 68.5 Å². The molecule has 3 fully saturated rings. The van der Waals surface area contributed by atoms with Crippen LogP contribution in [0, 0.1) is 5.92 Å². The molecule has 2 aromatic rings. The molecule has 3 aliphatic heterocycles. The molecule has 2 bridgehead atoms. The number of piperidine rings is 2. The van der Waals surface area contributed by atoms with E-state index in [9.17, 15) is 24.0 Å². The van der Waals surface area contributed by atoms with E-state index in [1.807, 2.05) is 84.3 Å². The van der Waals surface area contributed by atoms with E-state index in [4.69, 9.17) is 17.2 Å². The van der Waals surface area contributed by atoms with Crippen LogP contribution in [-0.4, -0.2) is 102 Å². The van der Waals surface area contributed by atoms with E-state index < -0.39 is 47.8 Å². The number of piperazine rings is 1. The SMILES string of the molecule is CC(C)CC(NC(=O)C(Cc1ccccc1)NC(=O)C(N)Cc1ccccc1)C(=O)NC(CCCCN)C(=O)N1CC2CCC1CN2CC(N)=O. The van der Waals surface area contributed by atoms with Gasteiger partial charge in [0.2, 0.25) is 29.5 Å². The summed E-state index contributed by atoms with van der Waals surface area (Å²) in [5, 5.41) is 8.72. The van der Waals surface area contributed by atoms with Crippen LogP contribution in [0.2, 0.25) is 0 Å². The monoisotopic (exact) mass is 704 g/mol. The standard InChI is InChI=1S/C38H56N8O5/c1-25(2)19-32(36(49)42-31(15-9-10-18-39)38(51)46-23-28-16-17-29(46)22-45(28)24-34(41)47)44-37(50)33(21-27-13-7-4-8-14-27)43-35(48)30(40)20-26-11-5-3-6-12-26/h3-8,11-14,25,28-33H,9-10,15-24,39-40H2,1-2H3,(H2,41,47)(H,42,49)(H,43,48)(H,44,50). The van der Waals surface area contributed by atoms with E-state index in [1.165, 1.54) is 0 Å². The van der Waals surface area contributed by atoms with Crippen molar-refractivity contribution in [2.45, 2.75) is 101 Å². The Morgan fingerprint density at radius 2 is 1.31 bits per heavy atom. The summed E-state index contributed by atoms with van der Waals surface area (Å²) in [6, 6.07) is 15.0. The first kappa shape index (κ1) is 39.5. The Labute approximate surface area is 301 Å². The number of fused-ring (bicyclic) bond motifs is 3. The van der Waals surface area contributed by atoms with Crippen molar-refractivity contribution in [1.29, 1.82) is 0 Å². The fourth-order valence-electron chi connectivity index (χ4n) is 7.08. The summed E-state index contributed by atoms with van der Waals surface area (Å²) in [6.07, 6.45) is 4.21. The summed E-state index contributed by atoms with van der Waals surface area (Å²) < 4.78 is 0. The predicted octanol–water partition coefficient (Wildman–Crippen LogP) is 0.589. The van der Waals surface area contributed by atoms with Gasteiger partial charge in [0.25, 0.3) is 0 Å². The van der Waals surface area contributed by atoms with Gasteiger partial charge in [-0.1, -0.05) is 74.5 Å². The Bertz CT molecular complexity index is 1460. The molecule has 3 heterocycles. The molecule has 13 nitrogen and oxygen atoms in total. The first-order chi connectivity index (χ1) is 24.4. The molecule has 278 valence electrons. The van der Waals surface area contributed by atoms with Crippen LogP contribution >= 0.6 is 0 Å². The van der Waals surface area contributed by atoms with Crippen LogP contribution in [0.3, 0.4) is 0 Å². The van der Waals surface area contributed by atoms with Crippen LogP contribution in [0.4, 0.5) is 0 Å². The summed E-state index contributed by atoms with van der Waals surface area (Å²) in [6.45, 7) is 5.52. The molecule has 0 saturated carbocycles. The number of carbonyl (C=O) groups is 5. The van der Waals surface area contributed by atoms with Crippen LogP contribution in [0.15, 0.2) is 60.7 Å². The average Bonchev–Trinajstić information content (AvgIpc) is 3.11. The minimum Gasteiger partial charge on any atom is -0.369 e. The van der Waals surface area contributed by atoms with Crippen LogP contribution in [-0.2, 0) is 36.8 Å². The Balaban J connectivity index is 1.48. The lowest BCUT2D eigenvalue weighted by atomic mass is 9.89. The number of primary amides is 1. The molecule has 0 aromatic heterocycles. The average molecular weight is 705 g/mol. The molecule has 13 heteroatoms. The fourth-order valence-corrected chi connectivity index (χ4v) is 7.08. The van der Waals surface area contributed by atoms with E-state index in [2.05, 4.69) is 16.0 Å². The number of unbranched alkanes of at least 4 members (excludes halogenated alkanes) is 1. The molecule has 9 N–H and O–H groups in total. The predicted molar refractivity (Wildman–Crippen MR) is 196 cm³/mol. The highest BCUT2D eigenvalue weighted by atomic mass is 16.2. The molecule has 3 saturated heterocycles. The first-order valence-electron chi connectivity index (χ1n) is 18.2. The molecule has 6 unspecified atom stereocenters. The molecule has 0 spiro atoms. The number of amides is 5. The highest BCUT2D eigenvalue weighted by Gasteiger charge is 2.43. The van der Waals surface area contributed by atoms with Crippen molar-refractivity contribution in [3.63, 3.8) is 0 Å². The largest absolute Gasteiger partial charge is 0.369 e. The Morgan fingerprint density at radius 3 is 1.88 bits per heavy atom. The second kappa shape index (κ2) is 19.3. The molecular weight excluding hydrogens is 648 g/mol. The van der Waals surface area contributed by atoms with Crippen molar-refractivity contribution in [3.05, 3.63) is 71.8 Å². The summed E-state index contributed by atoms with van der Waals surface area (Å²) in [4.78, 5) is 70.8. The van der Waals surface area contributed by atoms with Crippen molar-refractivity contribution in [1.82, 2.24) is 25.8 Å². The van der Waals surface area contributed by atoms with Gasteiger partial charge in [-0.3, -0.25) is 28.9 Å². The van der Waals surface area contributed by atoms with Crippen molar-refractivity contribution >= 4 is 29.5 Å². The number of nitrogens with one attached hydrogen (secondary N) is 3. The Morgan fingerprint density at radius 1 is 0.745 bits per heavy atom. The molecule has 0 aliphatic carbocycles. The van der Waals surface area contributed by atoms with Gasteiger partial charge in [0, 0.05) is 31.6 Å². The zero-order valence-corrected chi connectivity index (χ0v) is 30.0. The topological polar surface area (TPSA) is 206 Å². The fraction of sp³-hybridized carbons (Fsp3) is 0.553. The minimum atomic E-state index is -1.00. The van der Waals surface area contributed by atoms with Gasteiger partial charge in [-0.2, -0.15) is 0 Å². The third-order valence-corrected chi connectivity index (χ3v) is 9.74. The van der Waals surface area contributed by atoms with Crippen molar-refractivity contribution in [2.75, 3.05) is 26.2 Å². The molecular formula is C38H56N8O5. The van der Waals surface area contributed by atoms with Gasteiger partial charge in [0.1, 0.15) is 18.1 Å². The molecule has 0 radical (unpaired) electrons. The maximum Gasteiger partial charge on any atom is 0.245 e. The first-order valence-corrected chi connectivity index (χ1v) is 18.2. The van der Waals surface area contributed by atoms with Crippen molar-refractivity contribution in [2.24, 2.45) is 23.1 Å². The number of hydrogen-bond donors (Lipinski definition) is 6. The summed E-state index contributed by atoms with van der Waals surface area (Å²) in [5.41, 5.74) is 19.2. The van der Waals surface area contributed by atoms with Gasteiger partial charge >= 0.3 is 0 Å². The molecule has 5 rings (SSSR count). The van der Waals surface area contributed by atoms with Gasteiger partial charge in [-0.15, -0.1) is 0 Å². The van der Waals surface area contributed by atoms with E-state index in [1.54, 1.807) is 0 Å². The molecule has 3 aliphatic rings. The Kier molecular flexibility index (Phi) is 15.0. The van der Waals surface area contributed by atoms with Crippen LogP contribution in [0.25, 0.3) is 0 Å². The smallest absolute Gasteiger partial charge is 0.245 e. The van der Waals surface area contributed by atoms with E-state index >= 15 is 0 Å². The maximum absolute atomic E-state index is 14.1. The second-order valence-electron chi connectivity index (χ2n) is 14.4. The molecule has 5 amide bonds. The number of nitrogens with zero attached hydrogens (tertiary/aromatic N) is 2. The third kappa shape index (κ3) is 11.9. The summed E-state index contributed by atoms with van der Waals surface area (Å²) in [7, 11) is 0. The van der Waals surface area contributed by atoms with Crippen molar-refractivity contribution < 1.29 is 24.0 Å². The van der Waals surface area contributed by atoms with Crippen LogP contribution in [0.5, 0.6) is 0 Å². The van der Waals surface area contributed by atoms with E-state index in [0.29, 0.717) is 51.7 Å². The zero-order valence-electron chi connectivity index (χ0n) is 30.0. The molecule has 51 heavy (non-hydrogen) atoms. The summed E-state index contributed by atoms with van der Waals surface area (Å²) >= 11 is 0. The normalized spacial score (nSPS) is 19.5. The van der Waals surface area contributed by atoms with Crippen molar-refractivity contribution in [3.8, 4) is 0 Å². The summed E-state index contributed by atoms with van der Waals surface area (Å²) in [5.74, 6) is -2.00. The van der Waals surface area contributed by atoms with Crippen LogP contribution < -0.4 is 33.2 Å². The third-order valence-electron chi connectivity index (χ3n) is 9.74.